The summed E-state index contributed by atoms with van der Waals surface area (Å²) in [6, 6.07) is 14.6. The van der Waals surface area contributed by atoms with Crippen molar-refractivity contribution >= 4 is 21.8 Å². The molecule has 8 heteroatoms. The molecule has 0 spiro atoms. The maximum atomic E-state index is 12.7. The first kappa shape index (κ1) is 20.4. The summed E-state index contributed by atoms with van der Waals surface area (Å²) < 4.78 is 34.0. The summed E-state index contributed by atoms with van der Waals surface area (Å²) in [5.74, 6) is 1.06. The first-order chi connectivity index (χ1) is 14.5. The van der Waals surface area contributed by atoms with E-state index in [1.54, 1.807) is 31.4 Å². The number of rotatable bonds is 5. The lowest BCUT2D eigenvalue weighted by Gasteiger charge is -2.33. The van der Waals surface area contributed by atoms with E-state index >= 15 is 0 Å². The molecule has 1 saturated heterocycles. The quantitative estimate of drug-likeness (QED) is 0.791. The topological polar surface area (TPSA) is 88.1 Å². The Balaban J connectivity index is 1.39. The van der Waals surface area contributed by atoms with Crippen LogP contribution in [0.5, 0.6) is 5.75 Å². The summed E-state index contributed by atoms with van der Waals surface area (Å²) in [4.78, 5) is 14.9. The molecule has 7 nitrogen and oxygen atoms in total. The monoisotopic (exact) mass is 427 g/mol. The molecule has 1 N–H and O–H groups in total. The Kier molecular flexibility index (Phi) is 5.76. The van der Waals surface area contributed by atoms with Gasteiger partial charge in [-0.05, 0) is 43.0 Å². The lowest BCUT2D eigenvalue weighted by Crippen LogP contribution is -2.45. The number of hydrogen-bond acceptors (Lipinski definition) is 5. The van der Waals surface area contributed by atoms with E-state index in [0.29, 0.717) is 37.5 Å². The first-order valence-electron chi connectivity index (χ1n) is 10.1. The van der Waals surface area contributed by atoms with Gasteiger partial charge >= 0.3 is 0 Å². The molecule has 0 radical (unpaired) electrons. The molecule has 2 aromatic carbocycles. The van der Waals surface area contributed by atoms with Crippen molar-refractivity contribution in [3.63, 3.8) is 0 Å². The number of methoxy groups -OCH3 is 1. The highest BCUT2D eigenvalue weighted by atomic mass is 32.2. The molecule has 0 aliphatic carbocycles. The molecule has 158 valence electrons. The van der Waals surface area contributed by atoms with E-state index in [1.165, 1.54) is 0 Å². The largest absolute Gasteiger partial charge is 0.496 e. The molecule has 0 bridgehead atoms. The molecule has 1 amide bonds. The van der Waals surface area contributed by atoms with Crippen LogP contribution < -0.4 is 10.1 Å². The molecule has 2 aliphatic rings. The predicted octanol–water partition coefficient (Wildman–Crippen LogP) is 2.21. The third-order valence-electron chi connectivity index (χ3n) is 5.59. The van der Waals surface area contributed by atoms with Crippen LogP contribution in [0.2, 0.25) is 0 Å². The second-order valence-corrected chi connectivity index (χ2v) is 9.10. The fourth-order valence-corrected chi connectivity index (χ4v) is 5.30. The molecule has 1 unspecified atom stereocenters. The summed E-state index contributed by atoms with van der Waals surface area (Å²) in [6.45, 7) is 1.67. The van der Waals surface area contributed by atoms with Gasteiger partial charge in [-0.3, -0.25) is 4.79 Å². The number of para-hydroxylation sites is 1. The van der Waals surface area contributed by atoms with Crippen LogP contribution in [0.1, 0.15) is 24.0 Å². The number of amides is 1. The Morgan fingerprint density at radius 3 is 2.80 bits per heavy atom. The number of piperidine rings is 1. The van der Waals surface area contributed by atoms with Crippen molar-refractivity contribution in [2.24, 2.45) is 10.3 Å². The van der Waals surface area contributed by atoms with Crippen LogP contribution in [-0.2, 0) is 21.2 Å². The average Bonchev–Trinajstić information content (AvgIpc) is 3.05. The minimum Gasteiger partial charge on any atom is -0.496 e. The van der Waals surface area contributed by atoms with Gasteiger partial charge in [0.15, 0.2) is 5.84 Å². The number of amidine groups is 1. The molecule has 1 fully saturated rings. The summed E-state index contributed by atoms with van der Waals surface area (Å²) in [7, 11) is -2.02. The van der Waals surface area contributed by atoms with Crippen LogP contribution in [0.3, 0.4) is 0 Å². The molecule has 2 aromatic rings. The van der Waals surface area contributed by atoms with E-state index in [0.717, 1.165) is 24.2 Å². The number of carbonyl (C=O) groups excluding carboxylic acids is 1. The van der Waals surface area contributed by atoms with E-state index in [1.807, 2.05) is 29.2 Å². The molecular weight excluding hydrogens is 402 g/mol. The highest BCUT2D eigenvalue weighted by Crippen LogP contribution is 2.29. The highest BCUT2D eigenvalue weighted by Gasteiger charge is 2.35. The van der Waals surface area contributed by atoms with Crippen LogP contribution in [0.4, 0.5) is 0 Å². The lowest BCUT2D eigenvalue weighted by molar-refractivity contribution is -0.126. The number of nitrogens with zero attached hydrogens (tertiary/aromatic N) is 2. The molecule has 30 heavy (non-hydrogen) atoms. The van der Waals surface area contributed by atoms with Crippen LogP contribution in [0, 0.1) is 5.92 Å². The van der Waals surface area contributed by atoms with Crippen LogP contribution in [0.15, 0.2) is 57.8 Å². The van der Waals surface area contributed by atoms with Gasteiger partial charge in [-0.1, -0.05) is 30.3 Å². The second-order valence-electron chi connectivity index (χ2n) is 7.52. The van der Waals surface area contributed by atoms with E-state index in [4.69, 9.17) is 4.74 Å². The Morgan fingerprint density at radius 1 is 1.20 bits per heavy atom. The van der Waals surface area contributed by atoms with Gasteiger partial charge in [0.05, 0.1) is 13.0 Å². The number of hydrogen-bond donors (Lipinski definition) is 1. The van der Waals surface area contributed by atoms with E-state index in [9.17, 15) is 13.2 Å². The third kappa shape index (κ3) is 4.05. The predicted molar refractivity (Wildman–Crippen MR) is 114 cm³/mol. The Labute approximate surface area is 176 Å². The lowest BCUT2D eigenvalue weighted by atomic mass is 9.96. The maximum Gasteiger partial charge on any atom is 0.285 e. The van der Waals surface area contributed by atoms with Gasteiger partial charge in [0, 0.05) is 25.2 Å². The fourth-order valence-electron chi connectivity index (χ4n) is 4.07. The molecule has 0 saturated carbocycles. The minimum atomic E-state index is -3.66. The van der Waals surface area contributed by atoms with E-state index in [2.05, 4.69) is 9.71 Å². The zero-order valence-electron chi connectivity index (χ0n) is 16.9. The smallest absolute Gasteiger partial charge is 0.285 e. The van der Waals surface area contributed by atoms with Crippen LogP contribution in [-0.4, -0.2) is 51.8 Å². The average molecular weight is 428 g/mol. The normalized spacial score (nSPS) is 19.7. The van der Waals surface area contributed by atoms with E-state index in [-0.39, 0.29) is 16.7 Å². The van der Waals surface area contributed by atoms with Gasteiger partial charge in [-0.2, -0.15) is 8.42 Å². The van der Waals surface area contributed by atoms with Crippen molar-refractivity contribution < 1.29 is 17.9 Å². The van der Waals surface area contributed by atoms with Gasteiger partial charge < -0.3 is 15.0 Å². The van der Waals surface area contributed by atoms with Crippen molar-refractivity contribution in [1.82, 2.24) is 10.2 Å². The van der Waals surface area contributed by atoms with Gasteiger partial charge in [0.25, 0.3) is 10.0 Å². The Morgan fingerprint density at radius 2 is 1.97 bits per heavy atom. The molecule has 1 atom stereocenters. The molecule has 2 heterocycles. The van der Waals surface area contributed by atoms with Gasteiger partial charge in [-0.15, -0.1) is 4.40 Å². The van der Waals surface area contributed by atoms with Gasteiger partial charge in [0.1, 0.15) is 10.6 Å². The number of fused-ring (bicyclic) bond motifs is 1. The second kappa shape index (κ2) is 8.47. The molecular formula is C22H25N3O4S. The minimum absolute atomic E-state index is 0.00987. The van der Waals surface area contributed by atoms with Gasteiger partial charge in [0.2, 0.25) is 5.91 Å². The number of ether oxygens (including phenoxy) is 1. The maximum absolute atomic E-state index is 12.7. The van der Waals surface area contributed by atoms with Gasteiger partial charge in [-0.25, -0.2) is 0 Å². The Hall–Kier alpha value is -2.87. The summed E-state index contributed by atoms with van der Waals surface area (Å²) in [5, 5.41) is 3.02. The van der Waals surface area contributed by atoms with Crippen molar-refractivity contribution in [3.8, 4) is 5.75 Å². The number of carbonyl (C=O) groups is 1. The zero-order chi connectivity index (χ0) is 21.1. The zero-order valence-corrected chi connectivity index (χ0v) is 17.7. The number of nitrogens with one attached hydrogen (secondary N) is 1. The number of sulfonamides is 1. The first-order valence-corrected chi connectivity index (χ1v) is 11.5. The fraction of sp³-hybridized carbons (Fsp3) is 0.364. The van der Waals surface area contributed by atoms with Crippen molar-refractivity contribution in [2.45, 2.75) is 24.2 Å². The molecule has 0 aromatic heterocycles. The van der Waals surface area contributed by atoms with Crippen molar-refractivity contribution in [2.75, 3.05) is 26.7 Å². The van der Waals surface area contributed by atoms with Crippen LogP contribution in [0.25, 0.3) is 0 Å². The SMILES string of the molecule is COc1ccccc1CCNC(=O)C1CCCN(C2=NS(=O)(=O)c3ccccc32)C1. The summed E-state index contributed by atoms with van der Waals surface area (Å²) in [5.41, 5.74) is 1.67. The van der Waals surface area contributed by atoms with E-state index < -0.39 is 10.0 Å². The standard InChI is InChI=1S/C22H25N3O4S/c1-29-19-10-4-2-7-16(19)12-13-23-22(26)17-8-6-14-25(15-17)21-18-9-3-5-11-20(18)30(27,28)24-21/h2-5,7,9-11,17H,6,8,12-15H2,1H3,(H,23,26). The van der Waals surface area contributed by atoms with Crippen LogP contribution >= 0.6 is 0 Å². The molecule has 2 aliphatic heterocycles. The number of benzene rings is 2. The molecule has 4 rings (SSSR count). The Bertz CT molecular complexity index is 1080. The highest BCUT2D eigenvalue weighted by molar-refractivity contribution is 7.90. The number of likely N-dealkylation sites (tertiary alicyclic amines) is 1. The summed E-state index contributed by atoms with van der Waals surface area (Å²) >= 11 is 0. The van der Waals surface area contributed by atoms with Crippen molar-refractivity contribution in [1.29, 1.82) is 0 Å². The van der Waals surface area contributed by atoms with Crippen molar-refractivity contribution in [3.05, 3.63) is 59.7 Å². The summed E-state index contributed by atoms with van der Waals surface area (Å²) in [6.07, 6.45) is 2.27. The third-order valence-corrected chi connectivity index (χ3v) is 6.92.